The van der Waals surface area contributed by atoms with Crippen molar-refractivity contribution in [3.8, 4) is 5.75 Å². The summed E-state index contributed by atoms with van der Waals surface area (Å²) in [6.45, 7) is 3.90. The fourth-order valence-corrected chi connectivity index (χ4v) is 1.55. The van der Waals surface area contributed by atoms with E-state index in [1.165, 1.54) is 0 Å². The van der Waals surface area contributed by atoms with Crippen molar-refractivity contribution in [2.45, 2.75) is 13.8 Å². The van der Waals surface area contributed by atoms with Gasteiger partial charge in [0.1, 0.15) is 5.75 Å². The fourth-order valence-electron chi connectivity index (χ4n) is 1.55. The molecule has 0 radical (unpaired) electrons. The zero-order valence-corrected chi connectivity index (χ0v) is 9.07. The van der Waals surface area contributed by atoms with Gasteiger partial charge in [0.05, 0.1) is 7.11 Å². The first kappa shape index (κ1) is 11.3. The fraction of sp³-hybridized carbons (Fsp3) is 0.250. The minimum absolute atomic E-state index is 0.720. The van der Waals surface area contributed by atoms with E-state index >= 15 is 0 Å². The van der Waals surface area contributed by atoms with Gasteiger partial charge in [-0.3, -0.25) is 0 Å². The maximum atomic E-state index is 10.4. The van der Waals surface area contributed by atoms with Crippen LogP contribution in [0.3, 0.4) is 0 Å². The van der Waals surface area contributed by atoms with Crippen molar-refractivity contribution >= 4 is 12.0 Å². The summed E-state index contributed by atoms with van der Waals surface area (Å²) in [4.78, 5) is 10.4. The standard InChI is InChI=1S/C12H14O3/c1-8-6-9(2)12(15-3)10(7-8)4-5-11(13)14/h4-7H,1-3H3,(H,13,14). The average molecular weight is 206 g/mol. The topological polar surface area (TPSA) is 46.5 Å². The first-order valence-corrected chi connectivity index (χ1v) is 4.61. The zero-order chi connectivity index (χ0) is 11.4. The third-order valence-corrected chi connectivity index (χ3v) is 2.06. The van der Waals surface area contributed by atoms with Gasteiger partial charge < -0.3 is 9.84 Å². The lowest BCUT2D eigenvalue weighted by Gasteiger charge is -2.09. The third-order valence-electron chi connectivity index (χ3n) is 2.06. The van der Waals surface area contributed by atoms with Crippen LogP contribution in [0.1, 0.15) is 16.7 Å². The van der Waals surface area contributed by atoms with Crippen LogP contribution in [0.15, 0.2) is 18.2 Å². The number of hydrogen-bond donors (Lipinski definition) is 1. The summed E-state index contributed by atoms with van der Waals surface area (Å²) in [5.74, 6) is -0.241. The summed E-state index contributed by atoms with van der Waals surface area (Å²) in [6, 6.07) is 3.89. The molecular formula is C12H14O3. The molecule has 3 heteroatoms. The highest BCUT2D eigenvalue weighted by atomic mass is 16.5. The van der Waals surface area contributed by atoms with Crippen LogP contribution in [-0.4, -0.2) is 18.2 Å². The third kappa shape index (κ3) is 2.84. The van der Waals surface area contributed by atoms with Crippen LogP contribution in [0.5, 0.6) is 5.75 Å². The van der Waals surface area contributed by atoms with Crippen molar-refractivity contribution in [3.05, 3.63) is 34.9 Å². The molecule has 1 rings (SSSR count). The first-order valence-electron chi connectivity index (χ1n) is 4.61. The normalized spacial score (nSPS) is 10.6. The molecule has 1 aromatic carbocycles. The summed E-state index contributed by atoms with van der Waals surface area (Å²) in [5, 5.41) is 8.55. The Labute approximate surface area is 89.0 Å². The lowest BCUT2D eigenvalue weighted by atomic mass is 10.1. The van der Waals surface area contributed by atoms with E-state index in [-0.39, 0.29) is 0 Å². The highest BCUT2D eigenvalue weighted by Crippen LogP contribution is 2.25. The van der Waals surface area contributed by atoms with Gasteiger partial charge in [-0.15, -0.1) is 0 Å². The number of aliphatic carboxylic acids is 1. The van der Waals surface area contributed by atoms with Gasteiger partial charge in [-0.2, -0.15) is 0 Å². The lowest BCUT2D eigenvalue weighted by Crippen LogP contribution is -1.93. The molecule has 0 fully saturated rings. The molecule has 0 saturated heterocycles. The number of carbonyl (C=O) groups is 1. The Kier molecular flexibility index (Phi) is 3.50. The summed E-state index contributed by atoms with van der Waals surface area (Å²) >= 11 is 0. The number of rotatable bonds is 3. The van der Waals surface area contributed by atoms with Crippen molar-refractivity contribution < 1.29 is 14.6 Å². The van der Waals surface area contributed by atoms with Gasteiger partial charge in [-0.05, 0) is 31.6 Å². The molecule has 0 aliphatic rings. The van der Waals surface area contributed by atoms with E-state index < -0.39 is 5.97 Å². The van der Waals surface area contributed by atoms with Crippen LogP contribution in [0.4, 0.5) is 0 Å². The Balaban J connectivity index is 3.20. The molecule has 0 aliphatic heterocycles. The van der Waals surface area contributed by atoms with E-state index in [1.54, 1.807) is 13.2 Å². The highest BCUT2D eigenvalue weighted by molar-refractivity contribution is 5.86. The largest absolute Gasteiger partial charge is 0.496 e. The Morgan fingerprint density at radius 2 is 2.07 bits per heavy atom. The second-order valence-electron chi connectivity index (χ2n) is 3.38. The Morgan fingerprint density at radius 3 is 2.60 bits per heavy atom. The minimum Gasteiger partial charge on any atom is -0.496 e. The van der Waals surface area contributed by atoms with Gasteiger partial charge in [0, 0.05) is 11.6 Å². The van der Waals surface area contributed by atoms with E-state index in [1.807, 2.05) is 26.0 Å². The monoisotopic (exact) mass is 206 g/mol. The molecule has 0 atom stereocenters. The lowest BCUT2D eigenvalue weighted by molar-refractivity contribution is -0.131. The highest BCUT2D eigenvalue weighted by Gasteiger charge is 2.04. The number of benzene rings is 1. The quantitative estimate of drug-likeness (QED) is 0.772. The summed E-state index contributed by atoms with van der Waals surface area (Å²) < 4.78 is 5.22. The van der Waals surface area contributed by atoms with Crippen LogP contribution in [0, 0.1) is 13.8 Å². The Morgan fingerprint density at radius 1 is 1.40 bits per heavy atom. The molecule has 0 unspecified atom stereocenters. The predicted octanol–water partition coefficient (Wildman–Crippen LogP) is 2.41. The number of hydrogen-bond acceptors (Lipinski definition) is 2. The number of carboxylic acid groups (broad SMARTS) is 1. The molecule has 0 aromatic heterocycles. The van der Waals surface area contributed by atoms with Crippen molar-refractivity contribution in [2.24, 2.45) is 0 Å². The van der Waals surface area contributed by atoms with Crippen LogP contribution in [0.2, 0.25) is 0 Å². The van der Waals surface area contributed by atoms with Gasteiger partial charge >= 0.3 is 5.97 Å². The number of ether oxygens (including phenoxy) is 1. The number of methoxy groups -OCH3 is 1. The van der Waals surface area contributed by atoms with Gasteiger partial charge in [0.2, 0.25) is 0 Å². The molecule has 15 heavy (non-hydrogen) atoms. The zero-order valence-electron chi connectivity index (χ0n) is 9.07. The van der Waals surface area contributed by atoms with E-state index in [0.717, 1.165) is 28.5 Å². The van der Waals surface area contributed by atoms with Gasteiger partial charge in [-0.1, -0.05) is 11.6 Å². The molecule has 0 spiro atoms. The van der Waals surface area contributed by atoms with Crippen LogP contribution in [0.25, 0.3) is 6.08 Å². The van der Waals surface area contributed by atoms with Crippen molar-refractivity contribution in [3.63, 3.8) is 0 Å². The minimum atomic E-state index is -0.962. The molecule has 0 aliphatic carbocycles. The van der Waals surface area contributed by atoms with E-state index in [4.69, 9.17) is 9.84 Å². The van der Waals surface area contributed by atoms with E-state index in [9.17, 15) is 4.79 Å². The molecule has 0 saturated carbocycles. The molecular weight excluding hydrogens is 192 g/mol. The second kappa shape index (κ2) is 4.64. The second-order valence-corrected chi connectivity index (χ2v) is 3.38. The molecule has 80 valence electrons. The molecule has 0 amide bonds. The smallest absolute Gasteiger partial charge is 0.328 e. The van der Waals surface area contributed by atoms with E-state index in [0.29, 0.717) is 0 Å². The maximum absolute atomic E-state index is 10.4. The van der Waals surface area contributed by atoms with Crippen LogP contribution >= 0.6 is 0 Å². The van der Waals surface area contributed by atoms with Gasteiger partial charge in [-0.25, -0.2) is 4.79 Å². The summed E-state index contributed by atoms with van der Waals surface area (Å²) in [7, 11) is 1.58. The molecule has 1 N–H and O–H groups in total. The number of carboxylic acids is 1. The summed E-state index contributed by atoms with van der Waals surface area (Å²) in [5.41, 5.74) is 2.87. The predicted molar refractivity (Wildman–Crippen MR) is 59.1 cm³/mol. The van der Waals surface area contributed by atoms with Crippen LogP contribution < -0.4 is 4.74 Å². The van der Waals surface area contributed by atoms with Gasteiger partial charge in [0.15, 0.2) is 0 Å². The first-order chi connectivity index (χ1) is 7.04. The SMILES string of the molecule is COc1c(C)cc(C)cc1C=CC(=O)O. The van der Waals surface area contributed by atoms with Crippen molar-refractivity contribution in [1.82, 2.24) is 0 Å². The number of aryl methyl sites for hydroxylation is 2. The molecule has 0 heterocycles. The van der Waals surface area contributed by atoms with E-state index in [2.05, 4.69) is 0 Å². The van der Waals surface area contributed by atoms with Gasteiger partial charge in [0.25, 0.3) is 0 Å². The maximum Gasteiger partial charge on any atom is 0.328 e. The van der Waals surface area contributed by atoms with Crippen molar-refractivity contribution in [2.75, 3.05) is 7.11 Å². The van der Waals surface area contributed by atoms with Crippen LogP contribution in [-0.2, 0) is 4.79 Å². The Bertz CT molecular complexity index is 406. The molecule has 0 bridgehead atoms. The van der Waals surface area contributed by atoms with Crippen molar-refractivity contribution in [1.29, 1.82) is 0 Å². The average Bonchev–Trinajstić information content (AvgIpc) is 2.13. The summed E-state index contributed by atoms with van der Waals surface area (Å²) in [6.07, 6.45) is 2.65. The Hall–Kier alpha value is -1.77. The molecule has 1 aromatic rings. The molecule has 3 nitrogen and oxygen atoms in total.